The molecule has 3 nitrogen and oxygen atoms in total. The lowest BCUT2D eigenvalue weighted by atomic mass is 10.00. The van der Waals surface area contributed by atoms with Crippen molar-refractivity contribution in [3.8, 4) is 0 Å². The summed E-state index contributed by atoms with van der Waals surface area (Å²) in [7, 11) is 0. The van der Waals surface area contributed by atoms with Gasteiger partial charge in [-0.05, 0) is 51.2 Å². The van der Waals surface area contributed by atoms with Crippen molar-refractivity contribution in [3.05, 3.63) is 0 Å². The summed E-state index contributed by atoms with van der Waals surface area (Å²) in [5.74, 6) is 0.744. The first-order valence-corrected chi connectivity index (χ1v) is 6.91. The van der Waals surface area contributed by atoms with Crippen LogP contribution in [0.3, 0.4) is 0 Å². The van der Waals surface area contributed by atoms with Gasteiger partial charge in [0, 0.05) is 13.2 Å². The van der Waals surface area contributed by atoms with Crippen LogP contribution in [0.15, 0.2) is 0 Å². The van der Waals surface area contributed by atoms with Gasteiger partial charge in [0.25, 0.3) is 0 Å². The molecule has 1 saturated heterocycles. The van der Waals surface area contributed by atoms with Crippen LogP contribution >= 0.6 is 0 Å². The Labute approximate surface area is 100 Å². The molecule has 16 heavy (non-hydrogen) atoms. The van der Waals surface area contributed by atoms with E-state index in [1.54, 1.807) is 0 Å². The summed E-state index contributed by atoms with van der Waals surface area (Å²) < 4.78 is 5.67. The van der Waals surface area contributed by atoms with E-state index in [0.717, 1.165) is 45.1 Å². The van der Waals surface area contributed by atoms with Crippen molar-refractivity contribution in [2.45, 2.75) is 45.6 Å². The molecule has 0 spiro atoms. The molecular weight excluding hydrogens is 200 g/mol. The molecule has 2 N–H and O–H groups in total. The van der Waals surface area contributed by atoms with E-state index in [0.29, 0.717) is 6.10 Å². The highest BCUT2D eigenvalue weighted by Crippen LogP contribution is 2.22. The van der Waals surface area contributed by atoms with Gasteiger partial charge < -0.3 is 15.4 Å². The fraction of sp³-hybridized carbons (Fsp3) is 1.00. The van der Waals surface area contributed by atoms with E-state index < -0.39 is 0 Å². The molecule has 0 radical (unpaired) electrons. The van der Waals surface area contributed by atoms with Crippen LogP contribution in [0, 0.1) is 5.92 Å². The highest BCUT2D eigenvalue weighted by atomic mass is 16.5. The molecule has 3 heteroatoms. The third-order valence-corrected chi connectivity index (χ3v) is 3.29. The van der Waals surface area contributed by atoms with E-state index in [1.165, 1.54) is 19.3 Å². The van der Waals surface area contributed by atoms with Gasteiger partial charge in [-0.1, -0.05) is 13.8 Å². The third kappa shape index (κ3) is 5.28. The summed E-state index contributed by atoms with van der Waals surface area (Å²) in [5.41, 5.74) is 0. The van der Waals surface area contributed by atoms with E-state index in [4.69, 9.17) is 4.74 Å². The standard InChI is InChI=1S/C13H28N2O/c1-3-7-14-8-5-9-15-11-12-6-10-16-13(12)4-2/h12-15H,3-11H2,1-2H3. The third-order valence-electron chi connectivity index (χ3n) is 3.29. The highest BCUT2D eigenvalue weighted by Gasteiger charge is 2.25. The van der Waals surface area contributed by atoms with Crippen LogP contribution in [0.2, 0.25) is 0 Å². The van der Waals surface area contributed by atoms with Gasteiger partial charge in [-0.15, -0.1) is 0 Å². The van der Waals surface area contributed by atoms with E-state index >= 15 is 0 Å². The molecular formula is C13H28N2O. The monoisotopic (exact) mass is 228 g/mol. The molecule has 1 aliphatic heterocycles. The fourth-order valence-electron chi connectivity index (χ4n) is 2.31. The number of nitrogens with one attached hydrogen (secondary N) is 2. The van der Waals surface area contributed by atoms with Gasteiger partial charge in [0.05, 0.1) is 6.10 Å². The quantitative estimate of drug-likeness (QED) is 0.590. The van der Waals surface area contributed by atoms with Crippen molar-refractivity contribution in [1.82, 2.24) is 10.6 Å². The van der Waals surface area contributed by atoms with Gasteiger partial charge in [-0.3, -0.25) is 0 Å². The molecule has 0 aromatic carbocycles. The lowest BCUT2D eigenvalue weighted by molar-refractivity contribution is 0.0873. The molecule has 0 aromatic heterocycles. The van der Waals surface area contributed by atoms with Crippen LogP contribution in [0.5, 0.6) is 0 Å². The van der Waals surface area contributed by atoms with Gasteiger partial charge in [0.2, 0.25) is 0 Å². The topological polar surface area (TPSA) is 33.3 Å². The summed E-state index contributed by atoms with van der Waals surface area (Å²) in [6.07, 6.45) is 5.35. The number of ether oxygens (including phenoxy) is 1. The van der Waals surface area contributed by atoms with Gasteiger partial charge in [0.1, 0.15) is 0 Å². The average Bonchev–Trinajstić information content (AvgIpc) is 2.75. The molecule has 2 atom stereocenters. The smallest absolute Gasteiger partial charge is 0.0613 e. The van der Waals surface area contributed by atoms with E-state index in [1.807, 2.05) is 0 Å². The average molecular weight is 228 g/mol. The van der Waals surface area contributed by atoms with Crippen LogP contribution in [-0.2, 0) is 4.74 Å². The first-order valence-electron chi connectivity index (χ1n) is 6.91. The van der Waals surface area contributed by atoms with E-state index in [9.17, 15) is 0 Å². The maximum atomic E-state index is 5.67. The normalized spacial score (nSPS) is 25.1. The Kier molecular flexibility index (Phi) is 7.81. The first kappa shape index (κ1) is 13.9. The summed E-state index contributed by atoms with van der Waals surface area (Å²) in [4.78, 5) is 0. The Morgan fingerprint density at radius 3 is 2.69 bits per heavy atom. The first-order chi connectivity index (χ1) is 7.88. The summed E-state index contributed by atoms with van der Waals surface area (Å²) in [5, 5.41) is 6.97. The molecule has 1 fully saturated rings. The zero-order chi connectivity index (χ0) is 11.6. The molecule has 0 aromatic rings. The van der Waals surface area contributed by atoms with Crippen molar-refractivity contribution < 1.29 is 4.74 Å². The molecule has 0 amide bonds. The van der Waals surface area contributed by atoms with Crippen LogP contribution in [0.4, 0.5) is 0 Å². The number of hydrogen-bond donors (Lipinski definition) is 2. The summed E-state index contributed by atoms with van der Waals surface area (Å²) >= 11 is 0. The van der Waals surface area contributed by atoms with E-state index in [-0.39, 0.29) is 0 Å². The number of hydrogen-bond acceptors (Lipinski definition) is 3. The fourth-order valence-corrected chi connectivity index (χ4v) is 2.31. The largest absolute Gasteiger partial charge is 0.378 e. The second-order valence-electron chi connectivity index (χ2n) is 4.67. The predicted molar refractivity (Wildman–Crippen MR) is 68.8 cm³/mol. The van der Waals surface area contributed by atoms with Crippen LogP contribution in [-0.4, -0.2) is 38.9 Å². The second kappa shape index (κ2) is 8.97. The van der Waals surface area contributed by atoms with Crippen LogP contribution < -0.4 is 10.6 Å². The van der Waals surface area contributed by atoms with Crippen LogP contribution in [0.1, 0.15) is 39.5 Å². The Morgan fingerprint density at radius 2 is 1.94 bits per heavy atom. The zero-order valence-electron chi connectivity index (χ0n) is 10.9. The van der Waals surface area contributed by atoms with Crippen molar-refractivity contribution in [2.75, 3.05) is 32.8 Å². The molecule has 2 unspecified atom stereocenters. The molecule has 0 bridgehead atoms. The molecule has 1 rings (SSSR count). The van der Waals surface area contributed by atoms with E-state index in [2.05, 4.69) is 24.5 Å². The van der Waals surface area contributed by atoms with Gasteiger partial charge >= 0.3 is 0 Å². The van der Waals surface area contributed by atoms with Crippen molar-refractivity contribution >= 4 is 0 Å². The maximum absolute atomic E-state index is 5.67. The van der Waals surface area contributed by atoms with Crippen molar-refractivity contribution in [1.29, 1.82) is 0 Å². The summed E-state index contributed by atoms with van der Waals surface area (Å²) in [6.45, 7) is 9.93. The Balaban J connectivity index is 1.90. The molecule has 1 heterocycles. The molecule has 96 valence electrons. The second-order valence-corrected chi connectivity index (χ2v) is 4.67. The minimum Gasteiger partial charge on any atom is -0.378 e. The summed E-state index contributed by atoms with van der Waals surface area (Å²) in [6, 6.07) is 0. The Morgan fingerprint density at radius 1 is 1.12 bits per heavy atom. The van der Waals surface area contributed by atoms with Gasteiger partial charge in [-0.2, -0.15) is 0 Å². The Bertz CT molecular complexity index is 164. The Hall–Kier alpha value is -0.120. The molecule has 1 aliphatic rings. The number of rotatable bonds is 9. The minimum absolute atomic E-state index is 0.505. The zero-order valence-corrected chi connectivity index (χ0v) is 10.9. The SMILES string of the molecule is CCCNCCCNCC1CCOC1CC. The maximum Gasteiger partial charge on any atom is 0.0613 e. The lowest BCUT2D eigenvalue weighted by Crippen LogP contribution is -2.30. The van der Waals surface area contributed by atoms with Gasteiger partial charge in [0.15, 0.2) is 0 Å². The van der Waals surface area contributed by atoms with Gasteiger partial charge in [-0.25, -0.2) is 0 Å². The minimum atomic E-state index is 0.505. The highest BCUT2D eigenvalue weighted by molar-refractivity contribution is 4.76. The molecule has 0 saturated carbocycles. The van der Waals surface area contributed by atoms with Crippen molar-refractivity contribution in [2.24, 2.45) is 5.92 Å². The lowest BCUT2D eigenvalue weighted by Gasteiger charge is -2.17. The van der Waals surface area contributed by atoms with Crippen molar-refractivity contribution in [3.63, 3.8) is 0 Å². The molecule has 0 aliphatic carbocycles. The van der Waals surface area contributed by atoms with Crippen LogP contribution in [0.25, 0.3) is 0 Å². The predicted octanol–water partition coefficient (Wildman–Crippen LogP) is 1.78.